The Morgan fingerprint density at radius 1 is 1.28 bits per heavy atom. The van der Waals surface area contributed by atoms with Crippen molar-refractivity contribution >= 4 is 22.8 Å². The Bertz CT molecular complexity index is 959. The first-order valence-electron chi connectivity index (χ1n) is 8.20. The van der Waals surface area contributed by atoms with Gasteiger partial charge in [-0.3, -0.25) is 5.41 Å². The number of nitrogens with one attached hydrogen (secondary N) is 1. The van der Waals surface area contributed by atoms with E-state index in [4.69, 9.17) is 11.1 Å². The molecule has 0 aliphatic rings. The van der Waals surface area contributed by atoms with E-state index in [1.165, 1.54) is 0 Å². The van der Waals surface area contributed by atoms with Gasteiger partial charge in [0.2, 0.25) is 0 Å². The van der Waals surface area contributed by atoms with E-state index in [-0.39, 0.29) is 11.4 Å². The van der Waals surface area contributed by atoms with Crippen molar-refractivity contribution in [3.63, 3.8) is 0 Å². The third kappa shape index (κ3) is 3.10. The third-order valence-corrected chi connectivity index (χ3v) is 4.19. The van der Waals surface area contributed by atoms with Crippen molar-refractivity contribution in [2.24, 2.45) is 5.73 Å². The van der Waals surface area contributed by atoms with Crippen LogP contribution >= 0.6 is 0 Å². The lowest BCUT2D eigenvalue weighted by Crippen LogP contribution is -2.10. The predicted molar refractivity (Wildman–Crippen MR) is 98.1 cm³/mol. The van der Waals surface area contributed by atoms with Crippen LogP contribution in [0.25, 0.3) is 22.4 Å². The number of carbonyl (C=O) groups is 1. The first-order valence-corrected chi connectivity index (χ1v) is 8.20. The number of nitrogen functional groups attached to an aromatic ring is 1. The summed E-state index contributed by atoms with van der Waals surface area (Å²) >= 11 is 0. The second kappa shape index (κ2) is 6.76. The molecule has 4 N–H and O–H groups in total. The second-order valence-corrected chi connectivity index (χ2v) is 5.91. The van der Waals surface area contributed by atoms with Crippen molar-refractivity contribution < 1.29 is 9.90 Å². The number of aryl methyl sites for hydroxylation is 1. The molecular formula is C19H20N4O2. The minimum Gasteiger partial charge on any atom is -0.478 e. The average molecular weight is 336 g/mol. The zero-order chi connectivity index (χ0) is 18.0. The molecule has 128 valence electrons. The van der Waals surface area contributed by atoms with Gasteiger partial charge in [0.1, 0.15) is 11.7 Å². The van der Waals surface area contributed by atoms with Crippen LogP contribution in [0, 0.1) is 5.41 Å². The zero-order valence-corrected chi connectivity index (χ0v) is 14.0. The Kier molecular flexibility index (Phi) is 4.52. The highest BCUT2D eigenvalue weighted by Gasteiger charge is 2.18. The van der Waals surface area contributed by atoms with E-state index >= 15 is 0 Å². The number of aromatic carboxylic acids is 1. The number of unbranched alkanes of at least 4 members (excludes halogenated alkanes) is 1. The van der Waals surface area contributed by atoms with E-state index < -0.39 is 5.97 Å². The maximum Gasteiger partial charge on any atom is 0.336 e. The van der Waals surface area contributed by atoms with Gasteiger partial charge >= 0.3 is 5.97 Å². The van der Waals surface area contributed by atoms with Crippen LogP contribution in [-0.4, -0.2) is 26.5 Å². The average Bonchev–Trinajstić information content (AvgIpc) is 2.97. The molecular weight excluding hydrogens is 316 g/mol. The first kappa shape index (κ1) is 16.7. The number of nitrogens with two attached hydrogens (primary N) is 1. The molecule has 25 heavy (non-hydrogen) atoms. The van der Waals surface area contributed by atoms with Gasteiger partial charge in [-0.25, -0.2) is 9.78 Å². The number of carboxylic acid groups (broad SMARTS) is 1. The van der Waals surface area contributed by atoms with Gasteiger partial charge in [-0.05, 0) is 30.7 Å². The van der Waals surface area contributed by atoms with Crippen molar-refractivity contribution in [3.05, 3.63) is 53.6 Å². The quantitative estimate of drug-likeness (QED) is 0.473. The normalized spacial score (nSPS) is 10.9. The lowest BCUT2D eigenvalue weighted by atomic mass is 10.1. The number of hydrogen-bond acceptors (Lipinski definition) is 3. The maximum atomic E-state index is 11.6. The summed E-state index contributed by atoms with van der Waals surface area (Å²) in [5.41, 5.74) is 8.61. The Hall–Kier alpha value is -3.15. The monoisotopic (exact) mass is 336 g/mol. The molecule has 0 radical (unpaired) electrons. The fourth-order valence-electron chi connectivity index (χ4n) is 2.91. The lowest BCUT2D eigenvalue weighted by molar-refractivity contribution is 0.0697. The molecule has 1 heterocycles. The summed E-state index contributed by atoms with van der Waals surface area (Å²) in [6.45, 7) is 2.85. The number of amidine groups is 1. The Morgan fingerprint density at radius 2 is 2.04 bits per heavy atom. The third-order valence-electron chi connectivity index (χ3n) is 4.19. The molecule has 0 aliphatic heterocycles. The second-order valence-electron chi connectivity index (χ2n) is 5.91. The number of benzene rings is 2. The molecule has 2 aromatic carbocycles. The SMILES string of the molecule is CCCCn1c(-c2ccccc2C(=O)O)nc2cc(C(=N)N)ccc21. The van der Waals surface area contributed by atoms with Gasteiger partial charge < -0.3 is 15.4 Å². The maximum absolute atomic E-state index is 11.6. The van der Waals surface area contributed by atoms with Gasteiger partial charge in [-0.2, -0.15) is 0 Å². The van der Waals surface area contributed by atoms with Crippen molar-refractivity contribution in [3.8, 4) is 11.4 Å². The molecule has 0 unspecified atom stereocenters. The van der Waals surface area contributed by atoms with Gasteiger partial charge in [-0.15, -0.1) is 0 Å². The van der Waals surface area contributed by atoms with Crippen LogP contribution in [0.1, 0.15) is 35.7 Å². The Balaban J connectivity index is 2.26. The molecule has 0 aliphatic carbocycles. The van der Waals surface area contributed by atoms with Crippen molar-refractivity contribution in [2.45, 2.75) is 26.3 Å². The van der Waals surface area contributed by atoms with Gasteiger partial charge in [0.15, 0.2) is 0 Å². The molecule has 0 atom stereocenters. The minimum absolute atomic E-state index is 0.0162. The number of rotatable bonds is 6. The number of imidazole rings is 1. The van der Waals surface area contributed by atoms with E-state index in [1.807, 2.05) is 16.7 Å². The van der Waals surface area contributed by atoms with E-state index in [1.54, 1.807) is 30.3 Å². The van der Waals surface area contributed by atoms with Crippen molar-refractivity contribution in [1.82, 2.24) is 9.55 Å². The Labute approximate surface area is 145 Å². The molecule has 0 amide bonds. The highest BCUT2D eigenvalue weighted by molar-refractivity contribution is 5.99. The summed E-state index contributed by atoms with van der Waals surface area (Å²) in [7, 11) is 0. The van der Waals surface area contributed by atoms with Gasteiger partial charge in [0, 0.05) is 17.7 Å². The number of hydrogen-bond donors (Lipinski definition) is 3. The smallest absolute Gasteiger partial charge is 0.336 e. The summed E-state index contributed by atoms with van der Waals surface area (Å²) < 4.78 is 2.05. The van der Waals surface area contributed by atoms with E-state index in [9.17, 15) is 9.90 Å². The molecule has 3 rings (SSSR count). The predicted octanol–water partition coefficient (Wildman–Crippen LogP) is 3.49. The number of carboxylic acids is 1. The highest BCUT2D eigenvalue weighted by Crippen LogP contribution is 2.28. The molecule has 0 saturated heterocycles. The van der Waals surface area contributed by atoms with Crippen LogP contribution in [-0.2, 0) is 6.54 Å². The van der Waals surface area contributed by atoms with Crippen LogP contribution in [0.15, 0.2) is 42.5 Å². The lowest BCUT2D eigenvalue weighted by Gasteiger charge is -2.10. The van der Waals surface area contributed by atoms with Crippen LogP contribution < -0.4 is 5.73 Å². The molecule has 0 saturated carbocycles. The fourth-order valence-corrected chi connectivity index (χ4v) is 2.91. The summed E-state index contributed by atoms with van der Waals surface area (Å²) in [5.74, 6) is -0.367. The van der Waals surface area contributed by atoms with Crippen molar-refractivity contribution in [2.75, 3.05) is 0 Å². The van der Waals surface area contributed by atoms with Gasteiger partial charge in [0.05, 0.1) is 16.6 Å². The topological polar surface area (TPSA) is 105 Å². The van der Waals surface area contributed by atoms with Crippen LogP contribution in [0.3, 0.4) is 0 Å². The standard InChI is InChI=1S/C19H20N4O2/c1-2-3-10-23-16-9-8-12(17(20)21)11-15(16)22-18(23)13-6-4-5-7-14(13)19(24)25/h4-9,11H,2-3,10H2,1H3,(H3,20,21)(H,24,25). The van der Waals surface area contributed by atoms with E-state index in [2.05, 4.69) is 11.9 Å². The highest BCUT2D eigenvalue weighted by atomic mass is 16.4. The van der Waals surface area contributed by atoms with E-state index in [0.29, 0.717) is 22.5 Å². The number of fused-ring (bicyclic) bond motifs is 1. The molecule has 0 fully saturated rings. The van der Waals surface area contributed by atoms with Crippen LogP contribution in [0.5, 0.6) is 0 Å². The molecule has 0 bridgehead atoms. The fraction of sp³-hybridized carbons (Fsp3) is 0.211. The summed E-state index contributed by atoms with van der Waals surface area (Å²) in [6, 6.07) is 12.3. The minimum atomic E-state index is -0.978. The van der Waals surface area contributed by atoms with Gasteiger partial charge in [-0.1, -0.05) is 31.5 Å². The largest absolute Gasteiger partial charge is 0.478 e. The van der Waals surface area contributed by atoms with Crippen LogP contribution in [0.4, 0.5) is 0 Å². The summed E-state index contributed by atoms with van der Waals surface area (Å²) in [6.07, 6.45) is 1.98. The first-order chi connectivity index (χ1) is 12.0. The van der Waals surface area contributed by atoms with Crippen LogP contribution in [0.2, 0.25) is 0 Å². The summed E-state index contributed by atoms with van der Waals surface area (Å²) in [4.78, 5) is 16.3. The van der Waals surface area contributed by atoms with Gasteiger partial charge in [0.25, 0.3) is 0 Å². The molecule has 3 aromatic rings. The summed E-state index contributed by atoms with van der Waals surface area (Å²) in [5, 5.41) is 17.1. The van der Waals surface area contributed by atoms with Crippen molar-refractivity contribution in [1.29, 1.82) is 5.41 Å². The molecule has 1 aromatic heterocycles. The van der Waals surface area contributed by atoms with E-state index in [0.717, 1.165) is 24.9 Å². The number of aromatic nitrogens is 2. The number of nitrogens with zero attached hydrogens (tertiary/aromatic N) is 2. The Morgan fingerprint density at radius 3 is 2.72 bits per heavy atom. The molecule has 6 heteroatoms. The zero-order valence-electron chi connectivity index (χ0n) is 14.0. The molecule has 6 nitrogen and oxygen atoms in total. The molecule has 0 spiro atoms.